The molecule has 0 aromatic carbocycles. The summed E-state index contributed by atoms with van der Waals surface area (Å²) in [5.74, 6) is -0.232. The third kappa shape index (κ3) is 4.13. The van der Waals surface area contributed by atoms with Crippen LogP contribution in [-0.4, -0.2) is 38.9 Å². The third-order valence-electron chi connectivity index (χ3n) is 3.31. The molecule has 0 aromatic heterocycles. The van der Waals surface area contributed by atoms with Crippen LogP contribution in [0.2, 0.25) is 0 Å². The Balaban J connectivity index is 2.39. The van der Waals surface area contributed by atoms with Gasteiger partial charge < -0.3 is 14.8 Å². The molecule has 0 aromatic rings. The SMILES string of the molecule is CCC(=CCNC1CCCC1OC)C(=O)OC. The van der Waals surface area contributed by atoms with E-state index in [-0.39, 0.29) is 5.97 Å². The zero-order valence-corrected chi connectivity index (χ0v) is 11.0. The second kappa shape index (κ2) is 7.45. The first-order valence-corrected chi connectivity index (χ1v) is 6.26. The zero-order valence-electron chi connectivity index (χ0n) is 11.0. The minimum atomic E-state index is -0.232. The maximum absolute atomic E-state index is 11.3. The van der Waals surface area contributed by atoms with Crippen molar-refractivity contribution >= 4 is 5.97 Å². The van der Waals surface area contributed by atoms with E-state index in [9.17, 15) is 4.79 Å². The maximum Gasteiger partial charge on any atom is 0.333 e. The standard InChI is InChI=1S/C13H23NO3/c1-4-10(13(15)17-3)8-9-14-11-6-5-7-12(11)16-2/h8,11-12,14H,4-7,9H2,1-3H3. The Hall–Kier alpha value is -0.870. The summed E-state index contributed by atoms with van der Waals surface area (Å²) in [5.41, 5.74) is 0.729. The van der Waals surface area contributed by atoms with Crippen LogP contribution >= 0.6 is 0 Å². The molecule has 0 aliphatic heterocycles. The van der Waals surface area contributed by atoms with Crippen molar-refractivity contribution in [1.82, 2.24) is 5.32 Å². The van der Waals surface area contributed by atoms with Gasteiger partial charge in [-0.3, -0.25) is 0 Å². The summed E-state index contributed by atoms with van der Waals surface area (Å²) in [6, 6.07) is 0.409. The van der Waals surface area contributed by atoms with Crippen LogP contribution in [0.1, 0.15) is 32.6 Å². The second-order valence-electron chi connectivity index (χ2n) is 4.29. The highest BCUT2D eigenvalue weighted by Crippen LogP contribution is 2.21. The summed E-state index contributed by atoms with van der Waals surface area (Å²) in [6.07, 6.45) is 6.40. The van der Waals surface area contributed by atoms with E-state index in [1.807, 2.05) is 13.0 Å². The normalized spacial score (nSPS) is 25.0. The molecule has 1 N–H and O–H groups in total. The van der Waals surface area contributed by atoms with Crippen LogP contribution in [0, 0.1) is 0 Å². The summed E-state index contributed by atoms with van der Waals surface area (Å²) in [6.45, 7) is 2.65. The van der Waals surface area contributed by atoms with Crippen LogP contribution < -0.4 is 5.32 Å². The van der Waals surface area contributed by atoms with E-state index in [2.05, 4.69) is 5.32 Å². The molecule has 98 valence electrons. The molecule has 1 saturated carbocycles. The van der Waals surface area contributed by atoms with Crippen LogP contribution in [0.15, 0.2) is 11.6 Å². The lowest BCUT2D eigenvalue weighted by molar-refractivity contribution is -0.136. The molecule has 1 fully saturated rings. The van der Waals surface area contributed by atoms with Crippen LogP contribution in [0.5, 0.6) is 0 Å². The Bertz CT molecular complexity index is 276. The van der Waals surface area contributed by atoms with Gasteiger partial charge in [0.15, 0.2) is 0 Å². The molecule has 1 rings (SSSR count). The molecule has 0 spiro atoms. The highest BCUT2D eigenvalue weighted by Gasteiger charge is 2.25. The molecule has 0 saturated heterocycles. The molecule has 2 atom stereocenters. The van der Waals surface area contributed by atoms with Gasteiger partial charge in [-0.1, -0.05) is 13.0 Å². The number of carbonyl (C=O) groups excluding carboxylic acids is 1. The molecule has 0 amide bonds. The van der Waals surface area contributed by atoms with E-state index < -0.39 is 0 Å². The predicted molar refractivity (Wildman–Crippen MR) is 66.8 cm³/mol. The van der Waals surface area contributed by atoms with E-state index in [0.717, 1.165) is 18.4 Å². The molecule has 4 heteroatoms. The maximum atomic E-state index is 11.3. The fourth-order valence-electron chi connectivity index (χ4n) is 2.28. The van der Waals surface area contributed by atoms with E-state index in [1.165, 1.54) is 13.5 Å². The highest BCUT2D eigenvalue weighted by atomic mass is 16.5. The molecule has 17 heavy (non-hydrogen) atoms. The van der Waals surface area contributed by atoms with Gasteiger partial charge in [0, 0.05) is 25.3 Å². The van der Waals surface area contributed by atoms with Gasteiger partial charge in [0.2, 0.25) is 0 Å². The van der Waals surface area contributed by atoms with Gasteiger partial charge in [-0.15, -0.1) is 0 Å². The number of rotatable bonds is 6. The summed E-state index contributed by atoms with van der Waals surface area (Å²) in [5, 5.41) is 3.42. The number of nitrogens with one attached hydrogen (secondary N) is 1. The van der Waals surface area contributed by atoms with Crippen molar-refractivity contribution in [3.8, 4) is 0 Å². The molecule has 0 bridgehead atoms. The number of esters is 1. The van der Waals surface area contributed by atoms with E-state index in [1.54, 1.807) is 7.11 Å². The first-order valence-electron chi connectivity index (χ1n) is 6.26. The smallest absolute Gasteiger partial charge is 0.333 e. The van der Waals surface area contributed by atoms with Gasteiger partial charge in [-0.25, -0.2) is 4.79 Å². The van der Waals surface area contributed by atoms with Crippen molar-refractivity contribution in [2.24, 2.45) is 0 Å². The lowest BCUT2D eigenvalue weighted by Gasteiger charge is -2.18. The summed E-state index contributed by atoms with van der Waals surface area (Å²) in [4.78, 5) is 11.3. The molecule has 0 radical (unpaired) electrons. The molecule has 1 aliphatic carbocycles. The summed E-state index contributed by atoms with van der Waals surface area (Å²) >= 11 is 0. The van der Waals surface area contributed by atoms with Gasteiger partial charge in [0.05, 0.1) is 13.2 Å². The molecule has 1 aliphatic rings. The number of carbonyl (C=O) groups is 1. The van der Waals surface area contributed by atoms with Gasteiger partial charge in [-0.2, -0.15) is 0 Å². The molecule has 0 heterocycles. The zero-order chi connectivity index (χ0) is 12.7. The molecule has 4 nitrogen and oxygen atoms in total. The summed E-state index contributed by atoms with van der Waals surface area (Å²) in [7, 11) is 3.17. The second-order valence-corrected chi connectivity index (χ2v) is 4.29. The Morgan fingerprint density at radius 2 is 2.18 bits per heavy atom. The van der Waals surface area contributed by atoms with Crippen LogP contribution in [0.25, 0.3) is 0 Å². The number of ether oxygens (including phenoxy) is 2. The predicted octanol–water partition coefficient (Wildman–Crippen LogP) is 1.65. The monoisotopic (exact) mass is 241 g/mol. The van der Waals surface area contributed by atoms with Crippen LogP contribution in [-0.2, 0) is 14.3 Å². The molecular weight excluding hydrogens is 218 g/mol. The quantitative estimate of drug-likeness (QED) is 0.567. The highest BCUT2D eigenvalue weighted by molar-refractivity contribution is 5.88. The van der Waals surface area contributed by atoms with E-state index in [0.29, 0.717) is 25.1 Å². The van der Waals surface area contributed by atoms with Gasteiger partial charge >= 0.3 is 5.97 Å². The van der Waals surface area contributed by atoms with Crippen molar-refractivity contribution in [2.75, 3.05) is 20.8 Å². The van der Waals surface area contributed by atoms with E-state index >= 15 is 0 Å². The van der Waals surface area contributed by atoms with Crippen LogP contribution in [0.4, 0.5) is 0 Å². The average Bonchev–Trinajstić information content (AvgIpc) is 2.81. The largest absolute Gasteiger partial charge is 0.466 e. The third-order valence-corrected chi connectivity index (χ3v) is 3.31. The van der Waals surface area contributed by atoms with Gasteiger partial charge in [0.25, 0.3) is 0 Å². The van der Waals surface area contributed by atoms with Crippen molar-refractivity contribution < 1.29 is 14.3 Å². The van der Waals surface area contributed by atoms with Crippen molar-refractivity contribution in [1.29, 1.82) is 0 Å². The minimum Gasteiger partial charge on any atom is -0.466 e. The van der Waals surface area contributed by atoms with Crippen molar-refractivity contribution in [3.63, 3.8) is 0 Å². The summed E-state index contributed by atoms with van der Waals surface area (Å²) < 4.78 is 10.1. The van der Waals surface area contributed by atoms with Crippen molar-refractivity contribution in [2.45, 2.75) is 44.8 Å². The average molecular weight is 241 g/mol. The Morgan fingerprint density at radius 1 is 1.41 bits per heavy atom. The number of hydrogen-bond donors (Lipinski definition) is 1. The fraction of sp³-hybridized carbons (Fsp3) is 0.769. The lowest BCUT2D eigenvalue weighted by atomic mass is 10.1. The Labute approximate surface area is 103 Å². The van der Waals surface area contributed by atoms with E-state index in [4.69, 9.17) is 9.47 Å². The number of methoxy groups -OCH3 is 2. The number of hydrogen-bond acceptors (Lipinski definition) is 4. The Morgan fingerprint density at radius 3 is 2.76 bits per heavy atom. The first kappa shape index (κ1) is 14.2. The van der Waals surface area contributed by atoms with Gasteiger partial charge in [0.1, 0.15) is 0 Å². The van der Waals surface area contributed by atoms with Crippen molar-refractivity contribution in [3.05, 3.63) is 11.6 Å². The Kier molecular flexibility index (Phi) is 6.22. The molecular formula is C13H23NO3. The molecule has 2 unspecified atom stereocenters. The topological polar surface area (TPSA) is 47.6 Å². The fourth-order valence-corrected chi connectivity index (χ4v) is 2.28. The first-order chi connectivity index (χ1) is 8.22. The van der Waals surface area contributed by atoms with Crippen LogP contribution in [0.3, 0.4) is 0 Å². The minimum absolute atomic E-state index is 0.232. The lowest BCUT2D eigenvalue weighted by Crippen LogP contribution is -2.36. The van der Waals surface area contributed by atoms with Gasteiger partial charge in [-0.05, 0) is 25.7 Å².